The first-order valence-corrected chi connectivity index (χ1v) is 7.06. The standard InChI is InChI=1S/C16H16ClNO3/c1-3-10-21-14-7-5-4-6-11(14)13-9-8-12(15(17)19)16(20)18(13)2/h4-9H,3,10H2,1-2H3. The summed E-state index contributed by atoms with van der Waals surface area (Å²) in [6.45, 7) is 2.63. The van der Waals surface area contributed by atoms with Crippen molar-refractivity contribution < 1.29 is 9.53 Å². The number of rotatable bonds is 5. The number of carbonyl (C=O) groups is 1. The number of para-hydroxylation sites is 1. The average molecular weight is 306 g/mol. The van der Waals surface area contributed by atoms with Crippen molar-refractivity contribution in [2.75, 3.05) is 6.61 Å². The van der Waals surface area contributed by atoms with E-state index in [1.165, 1.54) is 10.6 Å². The zero-order valence-corrected chi connectivity index (χ0v) is 12.7. The Bertz CT molecular complexity index is 722. The van der Waals surface area contributed by atoms with Gasteiger partial charge in [-0.05, 0) is 42.3 Å². The van der Waals surface area contributed by atoms with Crippen molar-refractivity contribution in [3.05, 3.63) is 52.3 Å². The number of hydrogen-bond donors (Lipinski definition) is 0. The highest BCUT2D eigenvalue weighted by Gasteiger charge is 2.14. The number of nitrogens with zero attached hydrogens (tertiary/aromatic N) is 1. The lowest BCUT2D eigenvalue weighted by molar-refractivity contribution is 0.107. The van der Waals surface area contributed by atoms with Gasteiger partial charge < -0.3 is 9.30 Å². The predicted molar refractivity (Wildman–Crippen MR) is 83.1 cm³/mol. The fourth-order valence-corrected chi connectivity index (χ4v) is 2.22. The first-order valence-electron chi connectivity index (χ1n) is 6.68. The van der Waals surface area contributed by atoms with Crippen LogP contribution in [0.5, 0.6) is 5.75 Å². The molecule has 0 saturated heterocycles. The fourth-order valence-electron chi connectivity index (χ4n) is 2.07. The van der Waals surface area contributed by atoms with Crippen LogP contribution < -0.4 is 10.3 Å². The highest BCUT2D eigenvalue weighted by molar-refractivity contribution is 6.67. The molecule has 2 aromatic rings. The third kappa shape index (κ3) is 3.16. The molecule has 0 radical (unpaired) electrons. The van der Waals surface area contributed by atoms with E-state index < -0.39 is 10.8 Å². The molecule has 1 aromatic carbocycles. The summed E-state index contributed by atoms with van der Waals surface area (Å²) in [5, 5.41) is -0.752. The first-order chi connectivity index (χ1) is 10.1. The highest BCUT2D eigenvalue weighted by atomic mass is 35.5. The van der Waals surface area contributed by atoms with Crippen LogP contribution in [-0.2, 0) is 7.05 Å². The molecule has 4 nitrogen and oxygen atoms in total. The monoisotopic (exact) mass is 305 g/mol. The van der Waals surface area contributed by atoms with Crippen molar-refractivity contribution in [3.8, 4) is 17.0 Å². The Kier molecular flexibility index (Phi) is 4.81. The Hall–Kier alpha value is -2.07. The molecule has 0 atom stereocenters. The van der Waals surface area contributed by atoms with Crippen molar-refractivity contribution >= 4 is 16.8 Å². The number of ether oxygens (including phenoxy) is 1. The Balaban J connectivity index is 2.55. The van der Waals surface area contributed by atoms with Crippen molar-refractivity contribution in [2.24, 2.45) is 7.05 Å². The molecule has 0 aliphatic carbocycles. The van der Waals surface area contributed by atoms with Gasteiger partial charge in [0.2, 0.25) is 0 Å². The van der Waals surface area contributed by atoms with E-state index >= 15 is 0 Å². The number of carbonyl (C=O) groups excluding carboxylic acids is 1. The van der Waals surface area contributed by atoms with Gasteiger partial charge in [0.15, 0.2) is 0 Å². The molecule has 0 spiro atoms. The summed E-state index contributed by atoms with van der Waals surface area (Å²) in [4.78, 5) is 23.3. The van der Waals surface area contributed by atoms with Gasteiger partial charge in [-0.2, -0.15) is 0 Å². The second-order valence-electron chi connectivity index (χ2n) is 4.61. The van der Waals surface area contributed by atoms with Crippen LogP contribution >= 0.6 is 11.6 Å². The minimum atomic E-state index is -0.752. The lowest BCUT2D eigenvalue weighted by Crippen LogP contribution is -2.23. The van der Waals surface area contributed by atoms with E-state index in [9.17, 15) is 9.59 Å². The molecular weight excluding hydrogens is 290 g/mol. The summed E-state index contributed by atoms with van der Waals surface area (Å²) in [6.07, 6.45) is 0.896. The molecule has 0 N–H and O–H groups in total. The molecule has 0 bridgehead atoms. The first kappa shape index (κ1) is 15.3. The van der Waals surface area contributed by atoms with Crippen molar-refractivity contribution in [2.45, 2.75) is 13.3 Å². The van der Waals surface area contributed by atoms with Crippen LogP contribution in [-0.4, -0.2) is 16.4 Å². The highest BCUT2D eigenvalue weighted by Crippen LogP contribution is 2.29. The largest absolute Gasteiger partial charge is 0.493 e. The van der Waals surface area contributed by atoms with Crippen LogP contribution in [0.15, 0.2) is 41.2 Å². The molecule has 0 unspecified atom stereocenters. The number of hydrogen-bond acceptors (Lipinski definition) is 3. The smallest absolute Gasteiger partial charge is 0.262 e. The third-order valence-corrected chi connectivity index (χ3v) is 3.34. The van der Waals surface area contributed by atoms with E-state index in [1.54, 1.807) is 13.1 Å². The summed E-state index contributed by atoms with van der Waals surface area (Å²) in [5.74, 6) is 0.708. The topological polar surface area (TPSA) is 48.3 Å². The van der Waals surface area contributed by atoms with Gasteiger partial charge in [-0.3, -0.25) is 9.59 Å². The molecule has 0 aliphatic rings. The van der Waals surface area contributed by atoms with Gasteiger partial charge in [0.1, 0.15) is 5.75 Å². The molecule has 0 saturated carbocycles. The molecular formula is C16H16ClNO3. The molecule has 1 heterocycles. The van der Waals surface area contributed by atoms with Gasteiger partial charge in [0, 0.05) is 12.6 Å². The Morgan fingerprint density at radius 3 is 2.62 bits per heavy atom. The van der Waals surface area contributed by atoms with Crippen LogP contribution in [0.25, 0.3) is 11.3 Å². The molecule has 5 heteroatoms. The molecule has 110 valence electrons. The molecule has 0 fully saturated rings. The Labute approximate surface area is 127 Å². The van der Waals surface area contributed by atoms with E-state index in [-0.39, 0.29) is 5.56 Å². The maximum Gasteiger partial charge on any atom is 0.262 e. The summed E-state index contributed by atoms with van der Waals surface area (Å²) in [5.41, 5.74) is 1.03. The number of halogens is 1. The molecule has 2 rings (SSSR count). The normalized spacial score (nSPS) is 10.4. The maximum absolute atomic E-state index is 12.1. The second kappa shape index (κ2) is 6.59. The molecule has 21 heavy (non-hydrogen) atoms. The fraction of sp³-hybridized carbons (Fsp3) is 0.250. The number of pyridine rings is 1. The van der Waals surface area contributed by atoms with E-state index in [1.807, 2.05) is 31.2 Å². The van der Waals surface area contributed by atoms with Crippen LogP contribution in [0.4, 0.5) is 0 Å². The second-order valence-corrected chi connectivity index (χ2v) is 4.96. The van der Waals surface area contributed by atoms with Crippen molar-refractivity contribution in [1.82, 2.24) is 4.57 Å². The van der Waals surface area contributed by atoms with Crippen LogP contribution in [0.1, 0.15) is 23.7 Å². The predicted octanol–water partition coefficient (Wildman–Crippen LogP) is 3.22. The number of benzene rings is 1. The van der Waals surface area contributed by atoms with Gasteiger partial charge in [0.05, 0.1) is 17.9 Å². The Morgan fingerprint density at radius 2 is 1.95 bits per heavy atom. The molecule has 1 aromatic heterocycles. The zero-order valence-electron chi connectivity index (χ0n) is 11.9. The van der Waals surface area contributed by atoms with Crippen molar-refractivity contribution in [3.63, 3.8) is 0 Å². The third-order valence-electron chi connectivity index (χ3n) is 3.14. The lowest BCUT2D eigenvalue weighted by Gasteiger charge is -2.14. The van der Waals surface area contributed by atoms with Gasteiger partial charge in [-0.1, -0.05) is 19.1 Å². The van der Waals surface area contributed by atoms with E-state index in [0.29, 0.717) is 18.1 Å². The maximum atomic E-state index is 12.1. The van der Waals surface area contributed by atoms with Gasteiger partial charge in [-0.25, -0.2) is 0 Å². The summed E-state index contributed by atoms with van der Waals surface area (Å²) >= 11 is 5.40. The molecule has 0 aliphatic heterocycles. The quantitative estimate of drug-likeness (QED) is 0.797. The SMILES string of the molecule is CCCOc1ccccc1-c1ccc(C(=O)Cl)c(=O)n1C. The van der Waals surface area contributed by atoms with Crippen LogP contribution in [0.2, 0.25) is 0 Å². The van der Waals surface area contributed by atoms with Crippen LogP contribution in [0.3, 0.4) is 0 Å². The van der Waals surface area contributed by atoms with E-state index in [2.05, 4.69) is 0 Å². The average Bonchev–Trinajstić information content (AvgIpc) is 2.48. The Morgan fingerprint density at radius 1 is 1.24 bits per heavy atom. The van der Waals surface area contributed by atoms with Gasteiger partial charge in [0.25, 0.3) is 10.8 Å². The number of aromatic nitrogens is 1. The van der Waals surface area contributed by atoms with Gasteiger partial charge >= 0.3 is 0 Å². The van der Waals surface area contributed by atoms with E-state index in [0.717, 1.165) is 12.0 Å². The summed E-state index contributed by atoms with van der Waals surface area (Å²) in [7, 11) is 1.61. The van der Waals surface area contributed by atoms with Gasteiger partial charge in [-0.15, -0.1) is 0 Å². The van der Waals surface area contributed by atoms with Crippen LogP contribution in [0, 0.1) is 0 Å². The van der Waals surface area contributed by atoms with Crippen molar-refractivity contribution in [1.29, 1.82) is 0 Å². The zero-order chi connectivity index (χ0) is 15.4. The minimum absolute atomic E-state index is 0.0325. The molecule has 0 amide bonds. The summed E-state index contributed by atoms with van der Waals surface area (Å²) < 4.78 is 7.11. The summed E-state index contributed by atoms with van der Waals surface area (Å²) in [6, 6.07) is 10.6. The van der Waals surface area contributed by atoms with E-state index in [4.69, 9.17) is 16.3 Å². The lowest BCUT2D eigenvalue weighted by atomic mass is 10.1. The minimum Gasteiger partial charge on any atom is -0.493 e.